The zero-order valence-electron chi connectivity index (χ0n) is 14.1. The topological polar surface area (TPSA) is 58.6 Å². The average Bonchev–Trinajstić information content (AvgIpc) is 2.56. The van der Waals surface area contributed by atoms with Crippen LogP contribution < -0.4 is 4.72 Å². The Morgan fingerprint density at radius 1 is 1.22 bits per heavy atom. The van der Waals surface area contributed by atoms with Crippen LogP contribution in [-0.4, -0.2) is 51.9 Å². The van der Waals surface area contributed by atoms with E-state index in [0.29, 0.717) is 26.2 Å². The minimum Gasteiger partial charge on any atom is -0.379 e. The summed E-state index contributed by atoms with van der Waals surface area (Å²) in [6.07, 6.45) is 1.58. The van der Waals surface area contributed by atoms with Crippen LogP contribution in [0.4, 0.5) is 0 Å². The van der Waals surface area contributed by atoms with Crippen LogP contribution in [0, 0.1) is 6.92 Å². The van der Waals surface area contributed by atoms with E-state index in [-0.39, 0.29) is 11.8 Å². The Morgan fingerprint density at radius 2 is 1.87 bits per heavy atom. The van der Waals surface area contributed by atoms with Crippen molar-refractivity contribution in [2.24, 2.45) is 0 Å². The van der Waals surface area contributed by atoms with E-state index in [2.05, 4.69) is 40.8 Å². The highest BCUT2D eigenvalue weighted by atomic mass is 32.2. The third-order valence-electron chi connectivity index (χ3n) is 4.21. The van der Waals surface area contributed by atoms with Gasteiger partial charge in [0.05, 0.1) is 19.0 Å². The Hall–Kier alpha value is -0.950. The van der Waals surface area contributed by atoms with Gasteiger partial charge in [-0.1, -0.05) is 43.2 Å². The summed E-state index contributed by atoms with van der Waals surface area (Å²) in [4.78, 5) is 2.30. The van der Waals surface area contributed by atoms with Gasteiger partial charge < -0.3 is 4.74 Å². The van der Waals surface area contributed by atoms with Crippen LogP contribution in [0.2, 0.25) is 0 Å². The van der Waals surface area contributed by atoms with Crippen LogP contribution in [0.1, 0.15) is 36.9 Å². The maximum absolute atomic E-state index is 12.1. The van der Waals surface area contributed by atoms with E-state index in [1.165, 1.54) is 5.56 Å². The minimum atomic E-state index is -3.20. The average molecular weight is 340 g/mol. The van der Waals surface area contributed by atoms with E-state index in [4.69, 9.17) is 4.74 Å². The number of ether oxygens (including phenoxy) is 1. The van der Waals surface area contributed by atoms with Crippen molar-refractivity contribution < 1.29 is 13.2 Å². The Balaban J connectivity index is 2.08. The van der Waals surface area contributed by atoms with Gasteiger partial charge in [-0.2, -0.15) is 0 Å². The zero-order chi connectivity index (χ0) is 16.7. The fraction of sp³-hybridized carbons (Fsp3) is 0.647. The van der Waals surface area contributed by atoms with Crippen LogP contribution >= 0.6 is 0 Å². The van der Waals surface area contributed by atoms with Gasteiger partial charge in [0.2, 0.25) is 10.0 Å². The first-order chi connectivity index (χ1) is 11.0. The Labute approximate surface area is 140 Å². The van der Waals surface area contributed by atoms with Crippen LogP contribution in [-0.2, 0) is 14.8 Å². The van der Waals surface area contributed by atoms with E-state index in [1.807, 2.05) is 6.92 Å². The number of nitrogens with zero attached hydrogens (tertiary/aromatic N) is 1. The third-order valence-corrected chi connectivity index (χ3v) is 5.64. The number of unbranched alkanes of at least 4 members (excludes halogenated alkanes) is 1. The summed E-state index contributed by atoms with van der Waals surface area (Å²) in [6, 6.07) is 8.39. The fourth-order valence-electron chi connectivity index (χ4n) is 2.75. The number of nitrogens with one attached hydrogen (secondary N) is 1. The van der Waals surface area contributed by atoms with E-state index >= 15 is 0 Å². The number of rotatable bonds is 8. The largest absolute Gasteiger partial charge is 0.379 e. The van der Waals surface area contributed by atoms with Gasteiger partial charge in [0.25, 0.3) is 0 Å². The van der Waals surface area contributed by atoms with Gasteiger partial charge in [0, 0.05) is 25.7 Å². The molecule has 6 heteroatoms. The maximum atomic E-state index is 12.1. The summed E-state index contributed by atoms with van der Waals surface area (Å²) in [5.74, 6) is 0.202. The molecule has 1 aromatic carbocycles. The van der Waals surface area contributed by atoms with E-state index < -0.39 is 10.0 Å². The number of hydrogen-bond acceptors (Lipinski definition) is 4. The number of sulfonamides is 1. The molecule has 2 rings (SSSR count). The Morgan fingerprint density at radius 3 is 2.48 bits per heavy atom. The number of hydrogen-bond donors (Lipinski definition) is 1. The summed E-state index contributed by atoms with van der Waals surface area (Å²) in [6.45, 7) is 7.52. The summed E-state index contributed by atoms with van der Waals surface area (Å²) in [5.41, 5.74) is 2.36. The van der Waals surface area contributed by atoms with Crippen molar-refractivity contribution >= 4 is 10.0 Å². The lowest BCUT2D eigenvalue weighted by Crippen LogP contribution is -2.44. The maximum Gasteiger partial charge on any atom is 0.211 e. The molecule has 0 spiro atoms. The van der Waals surface area contributed by atoms with Crippen LogP contribution in [0.15, 0.2) is 24.3 Å². The molecule has 0 saturated carbocycles. The van der Waals surface area contributed by atoms with Crippen LogP contribution in [0.5, 0.6) is 0 Å². The van der Waals surface area contributed by atoms with Crippen molar-refractivity contribution in [1.82, 2.24) is 9.62 Å². The Kier molecular flexibility index (Phi) is 7.02. The number of morpholine rings is 1. The normalized spacial score (nSPS) is 18.0. The number of aryl methyl sites for hydroxylation is 1. The standard InChI is InChI=1S/C17H28N2O3S/c1-3-4-13-23(20,21)18-14-17(19-9-11-22-12-10-19)16-7-5-15(2)6-8-16/h5-8,17-18H,3-4,9-14H2,1-2H3. The predicted octanol–water partition coefficient (Wildman–Crippen LogP) is 2.09. The molecule has 1 fully saturated rings. The third kappa shape index (κ3) is 5.88. The van der Waals surface area contributed by atoms with Gasteiger partial charge >= 0.3 is 0 Å². The highest BCUT2D eigenvalue weighted by molar-refractivity contribution is 7.89. The van der Waals surface area contributed by atoms with Gasteiger partial charge in [-0.3, -0.25) is 4.90 Å². The summed E-state index contributed by atoms with van der Waals surface area (Å²) >= 11 is 0. The van der Waals surface area contributed by atoms with Gasteiger partial charge in [-0.05, 0) is 18.9 Å². The van der Waals surface area contributed by atoms with Gasteiger partial charge in [-0.25, -0.2) is 13.1 Å². The highest BCUT2D eigenvalue weighted by Crippen LogP contribution is 2.22. The first-order valence-corrected chi connectivity index (χ1v) is 10.0. The van der Waals surface area contributed by atoms with Crippen molar-refractivity contribution in [2.45, 2.75) is 32.7 Å². The second-order valence-electron chi connectivity index (χ2n) is 6.10. The summed E-state index contributed by atoms with van der Waals surface area (Å²) in [5, 5.41) is 0. The Bertz CT molecular complexity index is 566. The quantitative estimate of drug-likeness (QED) is 0.787. The monoisotopic (exact) mass is 340 g/mol. The molecule has 0 amide bonds. The van der Waals surface area contributed by atoms with Crippen LogP contribution in [0.3, 0.4) is 0 Å². The molecule has 23 heavy (non-hydrogen) atoms. The molecular weight excluding hydrogens is 312 g/mol. The van der Waals surface area contributed by atoms with Gasteiger partial charge in [0.15, 0.2) is 0 Å². The first kappa shape index (κ1) is 18.4. The molecule has 130 valence electrons. The lowest BCUT2D eigenvalue weighted by atomic mass is 10.0. The van der Waals surface area contributed by atoms with Crippen molar-refractivity contribution in [3.63, 3.8) is 0 Å². The molecule has 1 aromatic rings. The fourth-order valence-corrected chi connectivity index (χ4v) is 3.97. The second kappa shape index (κ2) is 8.78. The lowest BCUT2D eigenvalue weighted by Gasteiger charge is -2.35. The smallest absolute Gasteiger partial charge is 0.211 e. The van der Waals surface area contributed by atoms with Crippen molar-refractivity contribution in [1.29, 1.82) is 0 Å². The zero-order valence-corrected chi connectivity index (χ0v) is 14.9. The molecule has 1 aliphatic rings. The molecule has 1 N–H and O–H groups in total. The van der Waals surface area contributed by atoms with E-state index in [1.54, 1.807) is 0 Å². The lowest BCUT2D eigenvalue weighted by molar-refractivity contribution is 0.0172. The summed E-state index contributed by atoms with van der Waals surface area (Å²) in [7, 11) is -3.20. The van der Waals surface area contributed by atoms with Crippen LogP contribution in [0.25, 0.3) is 0 Å². The van der Waals surface area contributed by atoms with Crippen molar-refractivity contribution in [3.05, 3.63) is 35.4 Å². The predicted molar refractivity (Wildman–Crippen MR) is 93.0 cm³/mol. The molecule has 1 heterocycles. The summed E-state index contributed by atoms with van der Waals surface area (Å²) < 4.78 is 32.4. The SMILES string of the molecule is CCCCS(=O)(=O)NCC(c1ccc(C)cc1)N1CCOCC1. The second-order valence-corrected chi connectivity index (χ2v) is 8.02. The van der Waals surface area contributed by atoms with E-state index in [0.717, 1.165) is 25.1 Å². The molecule has 1 unspecified atom stereocenters. The molecule has 1 atom stereocenters. The minimum absolute atomic E-state index is 0.0518. The van der Waals surface area contributed by atoms with E-state index in [9.17, 15) is 8.42 Å². The molecule has 5 nitrogen and oxygen atoms in total. The molecule has 1 saturated heterocycles. The van der Waals surface area contributed by atoms with Crippen molar-refractivity contribution in [2.75, 3.05) is 38.6 Å². The molecule has 0 radical (unpaired) electrons. The number of benzene rings is 1. The highest BCUT2D eigenvalue weighted by Gasteiger charge is 2.24. The molecule has 0 aromatic heterocycles. The first-order valence-electron chi connectivity index (χ1n) is 8.37. The van der Waals surface area contributed by atoms with Crippen molar-refractivity contribution in [3.8, 4) is 0 Å². The molecule has 0 aliphatic carbocycles. The molecular formula is C17H28N2O3S. The van der Waals surface area contributed by atoms with Gasteiger partial charge in [-0.15, -0.1) is 0 Å². The molecule has 0 bridgehead atoms. The molecule has 1 aliphatic heterocycles. The van der Waals surface area contributed by atoms with Gasteiger partial charge in [0.1, 0.15) is 0 Å².